The summed E-state index contributed by atoms with van der Waals surface area (Å²) in [6, 6.07) is 18.3. The van der Waals surface area contributed by atoms with Crippen LogP contribution in [0, 0.1) is 16.2 Å². The monoisotopic (exact) mass is 558 g/mol. The van der Waals surface area contributed by atoms with Crippen LogP contribution >= 0.6 is 0 Å². The molecule has 2 atom stereocenters. The van der Waals surface area contributed by atoms with Gasteiger partial charge in [0.05, 0.1) is 12.1 Å². The highest BCUT2D eigenvalue weighted by molar-refractivity contribution is 6.07. The van der Waals surface area contributed by atoms with Crippen molar-refractivity contribution in [3.8, 4) is 0 Å². The van der Waals surface area contributed by atoms with Gasteiger partial charge in [0.15, 0.2) is 11.8 Å². The van der Waals surface area contributed by atoms with Crippen molar-refractivity contribution in [2.24, 2.45) is 26.2 Å². The molecule has 2 aromatic rings. The summed E-state index contributed by atoms with van der Waals surface area (Å²) in [5.74, 6) is 1.54. The first-order valence-corrected chi connectivity index (χ1v) is 15.4. The molecule has 0 fully saturated rings. The average molecular weight is 559 g/mol. The molecule has 0 bridgehead atoms. The summed E-state index contributed by atoms with van der Waals surface area (Å²) < 4.78 is 13.2. The van der Waals surface area contributed by atoms with Crippen molar-refractivity contribution in [3.63, 3.8) is 0 Å². The van der Waals surface area contributed by atoms with E-state index in [9.17, 15) is 0 Å². The largest absolute Gasteiger partial charge is 0.478 e. The number of ether oxygens (including phenoxy) is 2. The Bertz CT molecular complexity index is 1160. The van der Waals surface area contributed by atoms with Crippen LogP contribution in [0.25, 0.3) is 0 Å². The molecule has 0 spiro atoms. The van der Waals surface area contributed by atoms with Gasteiger partial charge in [0.2, 0.25) is 0 Å². The Labute approximate surface area is 250 Å². The van der Waals surface area contributed by atoms with Crippen LogP contribution in [0.5, 0.6) is 0 Å². The summed E-state index contributed by atoms with van der Waals surface area (Å²) in [5, 5.41) is 0. The van der Waals surface area contributed by atoms with Crippen molar-refractivity contribution >= 4 is 11.8 Å². The van der Waals surface area contributed by atoms with Crippen molar-refractivity contribution in [2.45, 2.75) is 119 Å². The number of benzene rings is 2. The third kappa shape index (κ3) is 7.07. The van der Waals surface area contributed by atoms with Gasteiger partial charge in [-0.15, -0.1) is 0 Å². The van der Waals surface area contributed by atoms with Crippen LogP contribution in [0.15, 0.2) is 58.5 Å². The predicted molar refractivity (Wildman–Crippen MR) is 173 cm³/mol. The molecular weight excluding hydrogens is 504 g/mol. The van der Waals surface area contributed by atoms with Crippen LogP contribution < -0.4 is 0 Å². The van der Waals surface area contributed by atoms with E-state index in [-0.39, 0.29) is 33.7 Å². The van der Waals surface area contributed by atoms with Gasteiger partial charge in [-0.3, -0.25) is 0 Å². The highest BCUT2D eigenvalue weighted by Crippen LogP contribution is 2.41. The van der Waals surface area contributed by atoms with Gasteiger partial charge in [0, 0.05) is 0 Å². The van der Waals surface area contributed by atoms with Crippen LogP contribution in [0.3, 0.4) is 0 Å². The molecule has 2 aliphatic rings. The zero-order chi connectivity index (χ0) is 30.4. The highest BCUT2D eigenvalue weighted by Gasteiger charge is 2.51. The van der Waals surface area contributed by atoms with Gasteiger partial charge >= 0.3 is 0 Å². The van der Waals surface area contributed by atoms with E-state index in [1.165, 1.54) is 22.3 Å². The Hall–Kier alpha value is -2.62. The first-order valence-electron chi connectivity index (χ1n) is 15.4. The van der Waals surface area contributed by atoms with Crippen LogP contribution in [-0.2, 0) is 33.1 Å². The molecule has 224 valence electrons. The lowest BCUT2D eigenvalue weighted by Crippen LogP contribution is -2.44. The first-order chi connectivity index (χ1) is 18.8. The Balaban J connectivity index is 1.87. The number of nitrogens with zero attached hydrogens (tertiary/aromatic N) is 2. The van der Waals surface area contributed by atoms with Gasteiger partial charge in [-0.2, -0.15) is 0 Å². The van der Waals surface area contributed by atoms with Gasteiger partial charge in [-0.05, 0) is 56.8 Å². The zero-order valence-electron chi connectivity index (χ0n) is 27.8. The van der Waals surface area contributed by atoms with E-state index in [0.717, 1.165) is 11.8 Å². The SMILES string of the molecule is CC(C)(C)c1ccc(CC(Cc2ccc(C(C)(C)C)cc2)(C2=N[C@@H](C(C)(C)C)CO2)C2=N[C@@H](C(C)(C)C)CO2)cc1. The Morgan fingerprint density at radius 2 is 0.854 bits per heavy atom. The van der Waals surface area contributed by atoms with Gasteiger partial charge in [0.25, 0.3) is 0 Å². The van der Waals surface area contributed by atoms with E-state index in [4.69, 9.17) is 19.5 Å². The topological polar surface area (TPSA) is 43.2 Å². The molecule has 0 saturated carbocycles. The van der Waals surface area contributed by atoms with E-state index in [0.29, 0.717) is 26.1 Å². The average Bonchev–Trinajstić information content (AvgIpc) is 3.54. The minimum atomic E-state index is -0.632. The van der Waals surface area contributed by atoms with Crippen molar-refractivity contribution in [1.82, 2.24) is 0 Å². The normalized spacial score (nSPS) is 20.4. The third-order valence-electron chi connectivity index (χ3n) is 8.77. The lowest BCUT2D eigenvalue weighted by Gasteiger charge is -2.33. The van der Waals surface area contributed by atoms with Crippen LogP contribution in [0.1, 0.15) is 105 Å². The van der Waals surface area contributed by atoms with E-state index < -0.39 is 5.41 Å². The Kier molecular flexibility index (Phi) is 8.32. The summed E-state index contributed by atoms with van der Waals surface area (Å²) in [6.07, 6.45) is 1.42. The van der Waals surface area contributed by atoms with Crippen LogP contribution in [0.4, 0.5) is 0 Å². The number of aliphatic imine (C=N–C) groups is 2. The second kappa shape index (κ2) is 10.9. The maximum atomic E-state index is 6.58. The van der Waals surface area contributed by atoms with E-state index in [2.05, 4.69) is 132 Å². The fourth-order valence-electron chi connectivity index (χ4n) is 5.56. The van der Waals surface area contributed by atoms with Gasteiger partial charge in [-0.25, -0.2) is 9.98 Å². The standard InChI is InChI=1S/C37H54N2O2/c1-33(2,3)27-17-13-25(14-18-27)21-37(31-38-29(23-40-31)35(7,8)9,32-39-30(24-41-32)36(10,11)12)22-26-15-19-28(20-16-26)34(4,5)6/h13-20,29-30H,21-24H2,1-12H3/t29-,30-/m1/s1. The minimum absolute atomic E-state index is 0.00247. The smallest absolute Gasteiger partial charge is 0.200 e. The third-order valence-corrected chi connectivity index (χ3v) is 8.77. The molecule has 0 saturated heterocycles. The van der Waals surface area contributed by atoms with E-state index in [1.54, 1.807) is 0 Å². The molecule has 0 radical (unpaired) electrons. The second-order valence-electron chi connectivity index (χ2n) is 16.6. The Morgan fingerprint density at radius 3 is 1.10 bits per heavy atom. The summed E-state index contributed by atoms with van der Waals surface area (Å²) in [4.78, 5) is 10.6. The second-order valence-corrected chi connectivity index (χ2v) is 16.6. The number of hydrogen-bond acceptors (Lipinski definition) is 4. The molecule has 4 nitrogen and oxygen atoms in total. The van der Waals surface area contributed by atoms with Gasteiger partial charge in [0.1, 0.15) is 18.6 Å². The zero-order valence-corrected chi connectivity index (χ0v) is 27.8. The van der Waals surface area contributed by atoms with Crippen molar-refractivity contribution in [2.75, 3.05) is 13.2 Å². The number of rotatable bonds is 6. The molecule has 0 aliphatic carbocycles. The molecule has 0 N–H and O–H groups in total. The molecule has 4 rings (SSSR count). The summed E-state index contributed by atoms with van der Waals surface area (Å²) in [5.41, 5.74) is 4.70. The molecular formula is C37H54N2O2. The van der Waals surface area contributed by atoms with Crippen LogP contribution in [-0.4, -0.2) is 37.1 Å². The lowest BCUT2D eigenvalue weighted by molar-refractivity contribution is 0.207. The quantitative estimate of drug-likeness (QED) is 0.356. The van der Waals surface area contributed by atoms with Gasteiger partial charge < -0.3 is 9.47 Å². The van der Waals surface area contributed by atoms with Crippen molar-refractivity contribution < 1.29 is 9.47 Å². The molecule has 2 aromatic carbocycles. The molecule has 0 unspecified atom stereocenters. The summed E-state index contributed by atoms with van der Waals surface area (Å²) in [6.45, 7) is 28.2. The summed E-state index contributed by atoms with van der Waals surface area (Å²) in [7, 11) is 0. The molecule has 4 heteroatoms. The maximum Gasteiger partial charge on any atom is 0.200 e. The lowest BCUT2D eigenvalue weighted by atomic mass is 9.74. The molecule has 0 aromatic heterocycles. The van der Waals surface area contributed by atoms with E-state index in [1.807, 2.05) is 0 Å². The summed E-state index contributed by atoms with van der Waals surface area (Å²) >= 11 is 0. The molecule has 2 heterocycles. The highest BCUT2D eigenvalue weighted by atomic mass is 16.5. The minimum Gasteiger partial charge on any atom is -0.478 e. The first kappa shape index (κ1) is 31.3. The fourth-order valence-corrected chi connectivity index (χ4v) is 5.56. The number of hydrogen-bond donors (Lipinski definition) is 0. The van der Waals surface area contributed by atoms with Crippen molar-refractivity contribution in [1.29, 1.82) is 0 Å². The molecule has 0 amide bonds. The predicted octanol–water partition coefficient (Wildman–Crippen LogP) is 8.74. The Morgan fingerprint density at radius 1 is 0.537 bits per heavy atom. The van der Waals surface area contributed by atoms with Gasteiger partial charge in [-0.1, -0.05) is 132 Å². The molecule has 2 aliphatic heterocycles. The maximum absolute atomic E-state index is 6.58. The van der Waals surface area contributed by atoms with E-state index >= 15 is 0 Å². The van der Waals surface area contributed by atoms with Crippen LogP contribution in [0.2, 0.25) is 0 Å². The molecule has 41 heavy (non-hydrogen) atoms. The fraction of sp³-hybridized carbons (Fsp3) is 0.622. The van der Waals surface area contributed by atoms with Crippen molar-refractivity contribution in [3.05, 3.63) is 70.8 Å².